The SMILES string of the molecule is C/C(=N/NC(=O)Nc1nc(-c2ccccc2)cs1)c1ccc(O)cc1O.[Cu+2]. The topological polar surface area (TPSA) is 107 Å². The molecule has 0 spiro atoms. The molecule has 0 atom stereocenters. The number of rotatable bonds is 4. The van der Waals surface area contributed by atoms with Gasteiger partial charge in [-0.2, -0.15) is 5.10 Å². The molecule has 1 radical (unpaired) electrons. The van der Waals surface area contributed by atoms with E-state index in [1.54, 1.807) is 6.92 Å². The van der Waals surface area contributed by atoms with Crippen LogP contribution in [-0.4, -0.2) is 26.9 Å². The Kier molecular flexibility index (Phi) is 6.95. The smallest absolute Gasteiger partial charge is 0.508 e. The third-order valence-electron chi connectivity index (χ3n) is 3.49. The van der Waals surface area contributed by atoms with Crippen LogP contribution in [-0.2, 0) is 17.1 Å². The summed E-state index contributed by atoms with van der Waals surface area (Å²) in [5, 5.41) is 27.9. The first-order valence-electron chi connectivity index (χ1n) is 7.67. The van der Waals surface area contributed by atoms with Gasteiger partial charge in [0.05, 0.1) is 11.4 Å². The Hall–Kier alpha value is -2.87. The number of anilines is 1. The second-order valence-corrected chi connectivity index (χ2v) is 6.23. The number of hydrogen-bond acceptors (Lipinski definition) is 6. The Morgan fingerprint density at radius 1 is 1.15 bits per heavy atom. The number of amides is 2. The van der Waals surface area contributed by atoms with E-state index in [4.69, 9.17) is 0 Å². The van der Waals surface area contributed by atoms with Crippen LogP contribution in [0, 0.1) is 0 Å². The molecule has 3 aromatic rings. The van der Waals surface area contributed by atoms with Crippen molar-refractivity contribution >= 4 is 28.2 Å². The van der Waals surface area contributed by atoms with E-state index in [1.165, 1.54) is 29.5 Å². The van der Waals surface area contributed by atoms with Crippen LogP contribution in [0.4, 0.5) is 9.93 Å². The van der Waals surface area contributed by atoms with Gasteiger partial charge in [-0.25, -0.2) is 15.2 Å². The number of hydrazone groups is 1. The first kappa shape index (κ1) is 20.4. The summed E-state index contributed by atoms with van der Waals surface area (Å²) < 4.78 is 0. The Bertz CT molecular complexity index is 960. The first-order chi connectivity index (χ1) is 12.5. The Morgan fingerprint density at radius 2 is 1.89 bits per heavy atom. The fourth-order valence-corrected chi connectivity index (χ4v) is 2.93. The van der Waals surface area contributed by atoms with Gasteiger partial charge in [-0.15, -0.1) is 11.3 Å². The van der Waals surface area contributed by atoms with Crippen molar-refractivity contribution in [2.24, 2.45) is 5.10 Å². The van der Waals surface area contributed by atoms with E-state index in [0.29, 0.717) is 16.4 Å². The molecule has 141 valence electrons. The molecule has 4 N–H and O–H groups in total. The molecule has 0 fully saturated rings. The number of nitrogens with one attached hydrogen (secondary N) is 2. The van der Waals surface area contributed by atoms with E-state index in [-0.39, 0.29) is 28.6 Å². The quantitative estimate of drug-likeness (QED) is 0.286. The zero-order valence-electron chi connectivity index (χ0n) is 14.1. The third-order valence-corrected chi connectivity index (χ3v) is 4.25. The normalized spacial score (nSPS) is 10.8. The van der Waals surface area contributed by atoms with Crippen molar-refractivity contribution in [3.05, 3.63) is 59.5 Å². The number of urea groups is 1. The van der Waals surface area contributed by atoms with E-state index in [9.17, 15) is 15.0 Å². The average molecular weight is 432 g/mol. The fraction of sp³-hybridized carbons (Fsp3) is 0.0556. The molecule has 0 aliphatic rings. The predicted octanol–water partition coefficient (Wildman–Crippen LogP) is 3.76. The zero-order chi connectivity index (χ0) is 18.5. The van der Waals surface area contributed by atoms with Gasteiger partial charge >= 0.3 is 23.1 Å². The Balaban J connectivity index is 0.00000261. The van der Waals surface area contributed by atoms with Crippen LogP contribution in [0.25, 0.3) is 11.3 Å². The van der Waals surface area contributed by atoms with Gasteiger partial charge < -0.3 is 10.2 Å². The van der Waals surface area contributed by atoms with Crippen LogP contribution in [0.5, 0.6) is 11.5 Å². The van der Waals surface area contributed by atoms with Crippen LogP contribution in [0.1, 0.15) is 12.5 Å². The summed E-state index contributed by atoms with van der Waals surface area (Å²) in [6, 6.07) is 13.2. The van der Waals surface area contributed by atoms with Gasteiger partial charge in [0, 0.05) is 22.6 Å². The summed E-state index contributed by atoms with van der Waals surface area (Å²) in [6.45, 7) is 1.63. The van der Waals surface area contributed by atoms with Gasteiger partial charge in [-0.1, -0.05) is 30.3 Å². The van der Waals surface area contributed by atoms with Gasteiger partial charge in [0.1, 0.15) is 11.5 Å². The molecule has 1 aromatic heterocycles. The standard InChI is InChI=1S/C18H16N4O3S.Cu/c1-11(14-8-7-13(23)9-16(14)24)21-22-17(25)20-18-19-15(10-26-18)12-5-3-2-4-6-12;/h2-10,23-24H,1H3,(H2,19,20,22,25);/q;+2/b21-11-;. The van der Waals surface area contributed by atoms with Crippen LogP contribution < -0.4 is 10.7 Å². The van der Waals surface area contributed by atoms with E-state index in [2.05, 4.69) is 20.8 Å². The number of aromatic hydroxyl groups is 2. The molecule has 0 saturated carbocycles. The summed E-state index contributed by atoms with van der Waals surface area (Å²) in [4.78, 5) is 16.3. The number of carbonyl (C=O) groups excluding carboxylic acids is 1. The van der Waals surface area contributed by atoms with E-state index in [1.807, 2.05) is 35.7 Å². The van der Waals surface area contributed by atoms with Crippen molar-refractivity contribution in [3.63, 3.8) is 0 Å². The van der Waals surface area contributed by atoms with Crippen molar-refractivity contribution in [2.75, 3.05) is 5.32 Å². The van der Waals surface area contributed by atoms with Crippen LogP contribution in [0.15, 0.2) is 59.0 Å². The van der Waals surface area contributed by atoms with Crippen LogP contribution >= 0.6 is 11.3 Å². The summed E-state index contributed by atoms with van der Waals surface area (Å²) in [5.41, 5.74) is 4.89. The van der Waals surface area contributed by atoms with E-state index < -0.39 is 6.03 Å². The molecule has 2 amide bonds. The van der Waals surface area contributed by atoms with E-state index in [0.717, 1.165) is 11.3 Å². The molecular formula is C18H16CuN4O3S+2. The number of thiazole rings is 1. The maximum absolute atomic E-state index is 12.0. The maximum atomic E-state index is 12.0. The van der Waals surface area contributed by atoms with Gasteiger partial charge in [-0.05, 0) is 19.1 Å². The molecular weight excluding hydrogens is 416 g/mol. The molecule has 0 unspecified atom stereocenters. The van der Waals surface area contributed by atoms with Crippen LogP contribution in [0.3, 0.4) is 0 Å². The van der Waals surface area contributed by atoms with Crippen molar-refractivity contribution in [1.82, 2.24) is 10.4 Å². The maximum Gasteiger partial charge on any atom is 2.00 e. The minimum absolute atomic E-state index is 0. The minimum Gasteiger partial charge on any atom is -0.508 e. The average Bonchev–Trinajstić information content (AvgIpc) is 3.09. The van der Waals surface area contributed by atoms with Crippen molar-refractivity contribution in [2.45, 2.75) is 6.92 Å². The second kappa shape index (κ2) is 9.18. The molecule has 7 nitrogen and oxygen atoms in total. The predicted molar refractivity (Wildman–Crippen MR) is 102 cm³/mol. The monoisotopic (exact) mass is 431 g/mol. The van der Waals surface area contributed by atoms with Crippen LogP contribution in [0.2, 0.25) is 0 Å². The summed E-state index contributed by atoms with van der Waals surface area (Å²) in [7, 11) is 0. The molecule has 2 aromatic carbocycles. The van der Waals surface area contributed by atoms with Crippen molar-refractivity contribution in [3.8, 4) is 22.8 Å². The summed E-state index contributed by atoms with van der Waals surface area (Å²) in [6.07, 6.45) is 0. The summed E-state index contributed by atoms with van der Waals surface area (Å²) in [5.74, 6) is -0.177. The zero-order valence-corrected chi connectivity index (χ0v) is 15.9. The van der Waals surface area contributed by atoms with Gasteiger partial charge in [0.15, 0.2) is 5.13 Å². The van der Waals surface area contributed by atoms with Crippen molar-refractivity contribution in [1.29, 1.82) is 0 Å². The third kappa shape index (κ3) is 5.30. The molecule has 3 rings (SSSR count). The Morgan fingerprint density at radius 3 is 2.59 bits per heavy atom. The molecule has 9 heteroatoms. The number of aromatic nitrogens is 1. The number of nitrogens with zero attached hydrogens (tertiary/aromatic N) is 2. The van der Waals surface area contributed by atoms with Gasteiger partial charge in [-0.3, -0.25) is 5.32 Å². The molecule has 0 saturated heterocycles. The first-order valence-corrected chi connectivity index (χ1v) is 8.55. The molecule has 0 aliphatic heterocycles. The number of phenols is 2. The number of carbonyl (C=O) groups is 1. The minimum atomic E-state index is -0.545. The number of phenolic OH excluding ortho intramolecular Hbond substituents is 2. The molecule has 27 heavy (non-hydrogen) atoms. The summed E-state index contributed by atoms with van der Waals surface area (Å²) >= 11 is 1.31. The van der Waals surface area contributed by atoms with Gasteiger partial charge in [0.2, 0.25) is 0 Å². The molecule has 0 bridgehead atoms. The van der Waals surface area contributed by atoms with E-state index >= 15 is 0 Å². The van der Waals surface area contributed by atoms with Gasteiger partial charge in [0.25, 0.3) is 0 Å². The molecule has 1 heterocycles. The molecule has 0 aliphatic carbocycles. The number of benzene rings is 2. The largest absolute Gasteiger partial charge is 2.00 e. The fourth-order valence-electron chi connectivity index (χ4n) is 2.22. The second-order valence-electron chi connectivity index (χ2n) is 5.37. The van der Waals surface area contributed by atoms with Crippen molar-refractivity contribution < 1.29 is 32.1 Å². The number of hydrogen-bond donors (Lipinski definition) is 4. The Labute approximate surface area is 170 Å².